The van der Waals surface area contributed by atoms with Crippen LogP contribution in [0.2, 0.25) is 0 Å². The predicted octanol–water partition coefficient (Wildman–Crippen LogP) is 1.96. The van der Waals surface area contributed by atoms with E-state index in [1.807, 2.05) is 6.07 Å². The van der Waals surface area contributed by atoms with Crippen molar-refractivity contribution in [3.8, 4) is 0 Å². The zero-order valence-electron chi connectivity index (χ0n) is 12.3. The number of carbonyl (C=O) groups is 1. The molecule has 6 heteroatoms. The van der Waals surface area contributed by atoms with Crippen LogP contribution in [0.3, 0.4) is 0 Å². The number of nitrogens with two attached hydrogens (primary N) is 1. The number of hydrogen-bond acceptors (Lipinski definition) is 3. The van der Waals surface area contributed by atoms with Crippen LogP contribution in [-0.4, -0.2) is 36.0 Å². The molecule has 1 fully saturated rings. The summed E-state index contributed by atoms with van der Waals surface area (Å²) in [5.41, 5.74) is 6.91. The molecule has 0 aromatic heterocycles. The quantitative estimate of drug-likeness (QED) is 0.885. The van der Waals surface area contributed by atoms with Gasteiger partial charge in [0, 0.05) is 25.7 Å². The number of nitrogens with zero attached hydrogens (tertiary/aromatic N) is 1. The van der Waals surface area contributed by atoms with Gasteiger partial charge in [-0.15, -0.1) is 24.8 Å². The van der Waals surface area contributed by atoms with E-state index in [9.17, 15) is 4.79 Å². The Balaban J connectivity index is 0.00000200. The number of rotatable bonds is 4. The molecule has 1 heterocycles. The highest BCUT2D eigenvalue weighted by Gasteiger charge is 2.21. The largest absolute Gasteiger partial charge is 0.352 e. The van der Waals surface area contributed by atoms with Crippen LogP contribution in [0, 0.1) is 0 Å². The number of benzene rings is 1. The molecule has 1 aromatic rings. The van der Waals surface area contributed by atoms with E-state index in [1.54, 1.807) is 6.92 Å². The van der Waals surface area contributed by atoms with Crippen LogP contribution in [-0.2, 0) is 11.3 Å². The van der Waals surface area contributed by atoms with Crippen LogP contribution in [0.25, 0.3) is 0 Å². The van der Waals surface area contributed by atoms with Crippen molar-refractivity contribution >= 4 is 30.7 Å². The Morgan fingerprint density at radius 3 is 2.38 bits per heavy atom. The molecule has 1 atom stereocenters. The summed E-state index contributed by atoms with van der Waals surface area (Å²) in [5.74, 6) is -0.0403. The maximum Gasteiger partial charge on any atom is 0.236 e. The van der Waals surface area contributed by atoms with Gasteiger partial charge in [-0.2, -0.15) is 0 Å². The molecule has 1 amide bonds. The van der Waals surface area contributed by atoms with Gasteiger partial charge in [0.05, 0.1) is 6.04 Å². The van der Waals surface area contributed by atoms with E-state index in [0.717, 1.165) is 32.5 Å². The van der Waals surface area contributed by atoms with Crippen molar-refractivity contribution in [3.63, 3.8) is 0 Å². The van der Waals surface area contributed by atoms with E-state index in [1.165, 1.54) is 5.56 Å². The van der Waals surface area contributed by atoms with Crippen LogP contribution in [0.5, 0.6) is 0 Å². The van der Waals surface area contributed by atoms with E-state index in [-0.39, 0.29) is 36.8 Å². The van der Waals surface area contributed by atoms with Crippen molar-refractivity contribution in [3.05, 3.63) is 35.9 Å². The number of nitrogens with one attached hydrogen (secondary N) is 1. The summed E-state index contributed by atoms with van der Waals surface area (Å²) in [7, 11) is 0. The monoisotopic (exact) mass is 333 g/mol. The van der Waals surface area contributed by atoms with Gasteiger partial charge in [0.1, 0.15) is 0 Å². The van der Waals surface area contributed by atoms with E-state index in [2.05, 4.69) is 34.5 Å². The summed E-state index contributed by atoms with van der Waals surface area (Å²) >= 11 is 0. The summed E-state index contributed by atoms with van der Waals surface area (Å²) in [6.45, 7) is 4.77. The third kappa shape index (κ3) is 6.66. The third-order valence-electron chi connectivity index (χ3n) is 3.60. The molecule has 1 aliphatic heterocycles. The van der Waals surface area contributed by atoms with Crippen LogP contribution < -0.4 is 11.1 Å². The van der Waals surface area contributed by atoms with E-state index >= 15 is 0 Å². The molecular weight excluding hydrogens is 309 g/mol. The Morgan fingerprint density at radius 1 is 1.29 bits per heavy atom. The number of carbonyl (C=O) groups excluding carboxylic acids is 1. The fourth-order valence-corrected chi connectivity index (χ4v) is 2.41. The smallest absolute Gasteiger partial charge is 0.236 e. The van der Waals surface area contributed by atoms with E-state index < -0.39 is 6.04 Å². The molecule has 0 unspecified atom stereocenters. The van der Waals surface area contributed by atoms with Gasteiger partial charge in [-0.1, -0.05) is 30.3 Å². The van der Waals surface area contributed by atoms with Gasteiger partial charge < -0.3 is 11.1 Å². The number of halogens is 2. The normalized spacial score (nSPS) is 17.2. The van der Waals surface area contributed by atoms with Gasteiger partial charge in [-0.3, -0.25) is 9.69 Å². The molecule has 21 heavy (non-hydrogen) atoms. The Morgan fingerprint density at radius 2 is 1.86 bits per heavy atom. The zero-order chi connectivity index (χ0) is 13.7. The molecular formula is C15H25Cl2N3O. The Labute approximate surface area is 139 Å². The number of likely N-dealkylation sites (tertiary alicyclic amines) is 1. The molecule has 0 bridgehead atoms. The lowest BCUT2D eigenvalue weighted by Crippen LogP contribution is -2.48. The second kappa shape index (κ2) is 10.0. The van der Waals surface area contributed by atoms with Crippen molar-refractivity contribution in [2.24, 2.45) is 5.73 Å². The van der Waals surface area contributed by atoms with Gasteiger partial charge in [0.2, 0.25) is 5.91 Å². The van der Waals surface area contributed by atoms with Crippen molar-refractivity contribution < 1.29 is 4.79 Å². The third-order valence-corrected chi connectivity index (χ3v) is 3.60. The molecule has 0 aliphatic carbocycles. The lowest BCUT2D eigenvalue weighted by Gasteiger charge is -2.32. The average molecular weight is 334 g/mol. The summed E-state index contributed by atoms with van der Waals surface area (Å²) in [6.07, 6.45) is 2.01. The summed E-state index contributed by atoms with van der Waals surface area (Å²) in [6, 6.07) is 10.4. The first-order valence-corrected chi connectivity index (χ1v) is 6.97. The highest BCUT2D eigenvalue weighted by atomic mass is 35.5. The number of hydrogen-bond donors (Lipinski definition) is 2. The maximum absolute atomic E-state index is 11.5. The molecule has 120 valence electrons. The van der Waals surface area contributed by atoms with E-state index in [4.69, 9.17) is 5.73 Å². The van der Waals surface area contributed by atoms with Gasteiger partial charge in [-0.25, -0.2) is 0 Å². The number of amides is 1. The fraction of sp³-hybridized carbons (Fsp3) is 0.533. The lowest BCUT2D eigenvalue weighted by atomic mass is 10.0. The van der Waals surface area contributed by atoms with Crippen LogP contribution in [0.1, 0.15) is 25.3 Å². The Bertz CT molecular complexity index is 407. The SMILES string of the molecule is C[C@@H](N)C(=O)NC1CCN(Cc2ccccc2)CC1.Cl.Cl. The van der Waals surface area contributed by atoms with Crippen molar-refractivity contribution in [2.75, 3.05) is 13.1 Å². The molecule has 1 aromatic carbocycles. The Kier molecular flexibility index (Phi) is 9.62. The fourth-order valence-electron chi connectivity index (χ4n) is 2.41. The minimum atomic E-state index is -0.414. The van der Waals surface area contributed by atoms with Crippen LogP contribution in [0.15, 0.2) is 30.3 Å². The van der Waals surface area contributed by atoms with Gasteiger partial charge in [-0.05, 0) is 25.3 Å². The first kappa shape index (κ1) is 20.2. The van der Waals surface area contributed by atoms with Crippen molar-refractivity contribution in [2.45, 2.75) is 38.4 Å². The molecule has 3 N–H and O–H groups in total. The lowest BCUT2D eigenvalue weighted by molar-refractivity contribution is -0.123. The molecule has 4 nitrogen and oxygen atoms in total. The molecule has 0 spiro atoms. The summed E-state index contributed by atoms with van der Waals surface area (Å²) in [4.78, 5) is 14.0. The van der Waals surface area contributed by atoms with Gasteiger partial charge in [0.25, 0.3) is 0 Å². The topological polar surface area (TPSA) is 58.4 Å². The molecule has 2 rings (SSSR count). The zero-order valence-corrected chi connectivity index (χ0v) is 14.0. The van der Waals surface area contributed by atoms with Crippen molar-refractivity contribution in [1.29, 1.82) is 0 Å². The highest BCUT2D eigenvalue weighted by Crippen LogP contribution is 2.13. The minimum Gasteiger partial charge on any atom is -0.352 e. The van der Waals surface area contributed by atoms with Crippen LogP contribution in [0.4, 0.5) is 0 Å². The number of piperidine rings is 1. The summed E-state index contributed by atoms with van der Waals surface area (Å²) in [5, 5.41) is 3.01. The van der Waals surface area contributed by atoms with Gasteiger partial charge in [0.15, 0.2) is 0 Å². The maximum atomic E-state index is 11.5. The molecule has 1 aliphatic rings. The standard InChI is InChI=1S/C15H23N3O.2ClH/c1-12(16)15(19)17-14-7-9-18(10-8-14)11-13-5-3-2-4-6-13;;/h2-6,12,14H,7-11,16H2,1H3,(H,17,19);2*1H/t12-;;/m1../s1. The predicted molar refractivity (Wildman–Crippen MR) is 91.0 cm³/mol. The summed E-state index contributed by atoms with van der Waals surface area (Å²) < 4.78 is 0. The second-order valence-corrected chi connectivity index (χ2v) is 5.33. The highest BCUT2D eigenvalue weighted by molar-refractivity contribution is 5.85. The molecule has 0 saturated carbocycles. The molecule has 1 saturated heterocycles. The minimum absolute atomic E-state index is 0. The second-order valence-electron chi connectivity index (χ2n) is 5.33. The molecule has 0 radical (unpaired) electrons. The van der Waals surface area contributed by atoms with Gasteiger partial charge >= 0.3 is 0 Å². The van der Waals surface area contributed by atoms with Crippen LogP contribution >= 0.6 is 24.8 Å². The van der Waals surface area contributed by atoms with E-state index in [0.29, 0.717) is 0 Å². The average Bonchev–Trinajstić information content (AvgIpc) is 2.42. The Hall–Kier alpha value is -0.810. The van der Waals surface area contributed by atoms with Crippen molar-refractivity contribution in [1.82, 2.24) is 10.2 Å². The first-order valence-electron chi connectivity index (χ1n) is 6.97. The first-order chi connectivity index (χ1) is 9.15.